The summed E-state index contributed by atoms with van der Waals surface area (Å²) < 4.78 is 5.76. The van der Waals surface area contributed by atoms with Gasteiger partial charge in [0.25, 0.3) is 0 Å². The highest BCUT2D eigenvalue weighted by atomic mass is 35.5. The van der Waals surface area contributed by atoms with Crippen molar-refractivity contribution in [1.29, 1.82) is 0 Å². The third-order valence-corrected chi connectivity index (χ3v) is 2.82. The van der Waals surface area contributed by atoms with Gasteiger partial charge in [0.1, 0.15) is 5.75 Å². The number of ether oxygens (including phenoxy) is 1. The normalized spacial score (nSPS) is 10.3. The lowest BCUT2D eigenvalue weighted by Gasteiger charge is -2.09. The van der Waals surface area contributed by atoms with Crippen LogP contribution in [-0.4, -0.2) is 4.98 Å². The Labute approximate surface area is 106 Å². The highest BCUT2D eigenvalue weighted by Crippen LogP contribution is 2.25. The van der Waals surface area contributed by atoms with E-state index in [0.717, 1.165) is 16.9 Å². The van der Waals surface area contributed by atoms with Crippen LogP contribution in [0.2, 0.25) is 0 Å². The minimum Gasteiger partial charge on any atom is -0.439 e. The van der Waals surface area contributed by atoms with E-state index in [-0.39, 0.29) is 0 Å². The fourth-order valence-corrected chi connectivity index (χ4v) is 1.69. The number of hydrogen-bond acceptors (Lipinski definition) is 2. The van der Waals surface area contributed by atoms with Gasteiger partial charge in [-0.25, -0.2) is 4.98 Å². The number of halogens is 1. The zero-order valence-corrected chi connectivity index (χ0v) is 10.7. The molecule has 0 N–H and O–H groups in total. The molecule has 0 bridgehead atoms. The molecule has 0 aliphatic carbocycles. The van der Waals surface area contributed by atoms with Gasteiger partial charge in [-0.15, -0.1) is 11.6 Å². The first-order chi connectivity index (χ1) is 8.19. The third kappa shape index (κ3) is 2.98. The molecule has 0 spiro atoms. The second-order valence-electron chi connectivity index (χ2n) is 4.01. The van der Waals surface area contributed by atoms with Crippen LogP contribution in [0.25, 0.3) is 0 Å². The van der Waals surface area contributed by atoms with E-state index in [0.29, 0.717) is 11.8 Å². The Bertz CT molecular complexity index is 525. The lowest BCUT2D eigenvalue weighted by molar-refractivity contribution is 0.458. The van der Waals surface area contributed by atoms with E-state index in [9.17, 15) is 0 Å². The zero-order valence-electron chi connectivity index (χ0n) is 9.90. The van der Waals surface area contributed by atoms with Crippen molar-refractivity contribution in [1.82, 2.24) is 4.98 Å². The standard InChI is InChI=1S/C14H14ClNO/c1-10-3-4-11(2)13(7-10)17-14-8-12(9-15)5-6-16-14/h3-8H,9H2,1-2H3. The maximum atomic E-state index is 5.78. The van der Waals surface area contributed by atoms with E-state index in [1.54, 1.807) is 6.20 Å². The Balaban J connectivity index is 2.27. The molecule has 2 aromatic rings. The monoisotopic (exact) mass is 247 g/mol. The van der Waals surface area contributed by atoms with Gasteiger partial charge in [0.15, 0.2) is 0 Å². The molecule has 2 nitrogen and oxygen atoms in total. The summed E-state index contributed by atoms with van der Waals surface area (Å²) in [5, 5.41) is 0. The SMILES string of the molecule is Cc1ccc(C)c(Oc2cc(CCl)ccn2)c1. The molecule has 0 fully saturated rings. The molecular formula is C14H14ClNO. The van der Waals surface area contributed by atoms with Crippen molar-refractivity contribution >= 4 is 11.6 Å². The van der Waals surface area contributed by atoms with E-state index in [4.69, 9.17) is 16.3 Å². The fraction of sp³-hybridized carbons (Fsp3) is 0.214. The molecule has 0 saturated heterocycles. The minimum absolute atomic E-state index is 0.464. The summed E-state index contributed by atoms with van der Waals surface area (Å²) in [7, 11) is 0. The number of aromatic nitrogens is 1. The van der Waals surface area contributed by atoms with Crippen molar-refractivity contribution in [2.75, 3.05) is 0 Å². The van der Waals surface area contributed by atoms with Gasteiger partial charge in [0, 0.05) is 18.1 Å². The fourth-order valence-electron chi connectivity index (χ4n) is 1.52. The van der Waals surface area contributed by atoms with Crippen LogP contribution in [0.1, 0.15) is 16.7 Å². The predicted octanol–water partition coefficient (Wildman–Crippen LogP) is 4.23. The summed E-state index contributed by atoms with van der Waals surface area (Å²) in [6.45, 7) is 4.05. The molecule has 1 aromatic carbocycles. The Morgan fingerprint density at radius 1 is 1.18 bits per heavy atom. The van der Waals surface area contributed by atoms with Crippen molar-refractivity contribution in [2.45, 2.75) is 19.7 Å². The molecule has 1 heterocycles. The Morgan fingerprint density at radius 2 is 2.00 bits per heavy atom. The molecule has 0 saturated carbocycles. The molecule has 17 heavy (non-hydrogen) atoms. The Morgan fingerprint density at radius 3 is 2.76 bits per heavy atom. The number of nitrogens with zero attached hydrogens (tertiary/aromatic N) is 1. The van der Waals surface area contributed by atoms with Crippen LogP contribution < -0.4 is 4.74 Å². The minimum atomic E-state index is 0.464. The average Bonchev–Trinajstić information content (AvgIpc) is 2.34. The van der Waals surface area contributed by atoms with Crippen LogP contribution in [0.5, 0.6) is 11.6 Å². The average molecular weight is 248 g/mol. The van der Waals surface area contributed by atoms with Crippen molar-refractivity contribution < 1.29 is 4.74 Å². The van der Waals surface area contributed by atoms with Crippen molar-refractivity contribution in [3.63, 3.8) is 0 Å². The molecular weight excluding hydrogens is 234 g/mol. The number of rotatable bonds is 3. The third-order valence-electron chi connectivity index (χ3n) is 2.51. The Hall–Kier alpha value is -1.54. The number of pyridine rings is 1. The van der Waals surface area contributed by atoms with Gasteiger partial charge < -0.3 is 4.74 Å². The summed E-state index contributed by atoms with van der Waals surface area (Å²) >= 11 is 5.78. The maximum Gasteiger partial charge on any atom is 0.219 e. The number of hydrogen-bond donors (Lipinski definition) is 0. The quantitative estimate of drug-likeness (QED) is 0.758. The van der Waals surface area contributed by atoms with E-state index in [1.807, 2.05) is 38.1 Å². The number of benzene rings is 1. The lowest BCUT2D eigenvalue weighted by Crippen LogP contribution is -1.92. The summed E-state index contributed by atoms with van der Waals surface area (Å²) in [4.78, 5) is 4.17. The summed E-state index contributed by atoms with van der Waals surface area (Å²) in [6.07, 6.45) is 1.71. The molecule has 0 radical (unpaired) electrons. The van der Waals surface area contributed by atoms with Gasteiger partial charge in [0.05, 0.1) is 0 Å². The number of alkyl halides is 1. The van der Waals surface area contributed by atoms with Gasteiger partial charge >= 0.3 is 0 Å². The van der Waals surface area contributed by atoms with E-state index in [1.165, 1.54) is 5.56 Å². The first kappa shape index (κ1) is 11.9. The molecule has 0 atom stereocenters. The molecule has 2 rings (SSSR count). The molecule has 0 unspecified atom stereocenters. The van der Waals surface area contributed by atoms with Crippen molar-refractivity contribution in [2.24, 2.45) is 0 Å². The molecule has 1 aromatic heterocycles. The largest absolute Gasteiger partial charge is 0.439 e. The zero-order chi connectivity index (χ0) is 12.3. The van der Waals surface area contributed by atoms with Gasteiger partial charge in [0.2, 0.25) is 5.88 Å². The van der Waals surface area contributed by atoms with Gasteiger partial charge in [-0.3, -0.25) is 0 Å². The second-order valence-corrected chi connectivity index (χ2v) is 4.27. The van der Waals surface area contributed by atoms with Crippen LogP contribution in [0.3, 0.4) is 0 Å². The lowest BCUT2D eigenvalue weighted by atomic mass is 10.1. The maximum absolute atomic E-state index is 5.78. The topological polar surface area (TPSA) is 22.1 Å². The summed E-state index contributed by atoms with van der Waals surface area (Å²) in [5.74, 6) is 1.88. The molecule has 0 aliphatic rings. The first-order valence-electron chi connectivity index (χ1n) is 5.45. The van der Waals surface area contributed by atoms with E-state index >= 15 is 0 Å². The van der Waals surface area contributed by atoms with E-state index in [2.05, 4.69) is 11.1 Å². The van der Waals surface area contributed by atoms with Crippen LogP contribution in [0.15, 0.2) is 36.5 Å². The molecule has 3 heteroatoms. The van der Waals surface area contributed by atoms with Crippen molar-refractivity contribution in [3.05, 3.63) is 53.2 Å². The predicted molar refractivity (Wildman–Crippen MR) is 69.8 cm³/mol. The van der Waals surface area contributed by atoms with E-state index < -0.39 is 0 Å². The van der Waals surface area contributed by atoms with Crippen LogP contribution in [0, 0.1) is 13.8 Å². The van der Waals surface area contributed by atoms with Gasteiger partial charge in [-0.2, -0.15) is 0 Å². The van der Waals surface area contributed by atoms with Crippen LogP contribution in [0.4, 0.5) is 0 Å². The number of aryl methyl sites for hydroxylation is 2. The van der Waals surface area contributed by atoms with Crippen molar-refractivity contribution in [3.8, 4) is 11.6 Å². The highest BCUT2D eigenvalue weighted by molar-refractivity contribution is 6.17. The molecule has 88 valence electrons. The second kappa shape index (κ2) is 5.19. The molecule has 0 amide bonds. The van der Waals surface area contributed by atoms with Crippen LogP contribution >= 0.6 is 11.6 Å². The Kier molecular flexibility index (Phi) is 3.64. The summed E-state index contributed by atoms with van der Waals surface area (Å²) in [6, 6.07) is 9.84. The smallest absolute Gasteiger partial charge is 0.219 e. The van der Waals surface area contributed by atoms with Gasteiger partial charge in [-0.1, -0.05) is 12.1 Å². The molecule has 0 aliphatic heterocycles. The van der Waals surface area contributed by atoms with Gasteiger partial charge in [-0.05, 0) is 42.7 Å². The highest BCUT2D eigenvalue weighted by Gasteiger charge is 2.03. The first-order valence-corrected chi connectivity index (χ1v) is 5.98. The van der Waals surface area contributed by atoms with Crippen LogP contribution in [-0.2, 0) is 5.88 Å². The summed E-state index contributed by atoms with van der Waals surface area (Å²) in [5.41, 5.74) is 3.26.